The fourth-order valence-corrected chi connectivity index (χ4v) is 2.10. The molecule has 0 aliphatic carbocycles. The highest BCUT2D eigenvalue weighted by Crippen LogP contribution is 2.29. The van der Waals surface area contributed by atoms with Crippen LogP contribution in [0.1, 0.15) is 31.9 Å². The second-order valence-corrected chi connectivity index (χ2v) is 5.75. The van der Waals surface area contributed by atoms with Gasteiger partial charge >= 0.3 is 5.97 Å². The molecule has 1 aliphatic rings. The van der Waals surface area contributed by atoms with Crippen LogP contribution in [0.2, 0.25) is 0 Å². The van der Waals surface area contributed by atoms with Gasteiger partial charge in [0, 0.05) is 11.3 Å². The summed E-state index contributed by atoms with van der Waals surface area (Å²) in [7, 11) is 0. The third kappa shape index (κ3) is 2.84. The van der Waals surface area contributed by atoms with E-state index in [-0.39, 0.29) is 5.91 Å². The molecule has 0 unspecified atom stereocenters. The third-order valence-corrected chi connectivity index (χ3v) is 3.10. The van der Waals surface area contributed by atoms with E-state index in [0.29, 0.717) is 12.0 Å². The maximum atomic E-state index is 11.3. The first-order valence-corrected chi connectivity index (χ1v) is 6.15. The second-order valence-electron chi connectivity index (χ2n) is 5.75. The number of carboxylic acid groups (broad SMARTS) is 1. The third-order valence-electron chi connectivity index (χ3n) is 3.10. The van der Waals surface area contributed by atoms with E-state index < -0.39 is 11.4 Å². The molecule has 1 amide bonds. The molecule has 2 rings (SSSR count). The molecule has 2 N–H and O–H groups in total. The molecule has 0 atom stereocenters. The maximum absolute atomic E-state index is 11.3. The lowest BCUT2D eigenvalue weighted by molar-refractivity contribution is -0.133. The van der Waals surface area contributed by atoms with Gasteiger partial charge in [0.05, 0.1) is 6.42 Å². The molecule has 4 nitrogen and oxygen atoms in total. The smallest absolute Gasteiger partial charge is 0.332 e. The van der Waals surface area contributed by atoms with Gasteiger partial charge in [0.1, 0.15) is 0 Å². The molecule has 0 fully saturated rings. The van der Waals surface area contributed by atoms with Gasteiger partial charge in [0.15, 0.2) is 0 Å². The van der Waals surface area contributed by atoms with Crippen LogP contribution < -0.4 is 5.32 Å². The Labute approximate surface area is 112 Å². The van der Waals surface area contributed by atoms with Crippen molar-refractivity contribution in [2.24, 2.45) is 5.41 Å². The molecule has 1 aromatic rings. The quantitative estimate of drug-likeness (QED) is 0.802. The Hall–Kier alpha value is -2.10. The monoisotopic (exact) mass is 259 g/mol. The highest BCUT2D eigenvalue weighted by atomic mass is 16.4. The van der Waals surface area contributed by atoms with Crippen molar-refractivity contribution in [2.45, 2.75) is 27.2 Å². The van der Waals surface area contributed by atoms with E-state index >= 15 is 0 Å². The Balaban J connectivity index is 2.40. The molecule has 0 saturated heterocycles. The zero-order valence-corrected chi connectivity index (χ0v) is 11.3. The molecule has 0 spiro atoms. The standard InChI is InChI=1S/C15H17NO3/c1-15(2,3)11(14(18)19)7-9-4-5-12-10(6-9)8-13(17)16-12/h4-7H,8H2,1-3H3,(H,16,17)(H,18,19)/b11-7-. The van der Waals surface area contributed by atoms with Gasteiger partial charge < -0.3 is 10.4 Å². The lowest BCUT2D eigenvalue weighted by Gasteiger charge is -2.19. The van der Waals surface area contributed by atoms with Crippen LogP contribution >= 0.6 is 0 Å². The Bertz CT molecular complexity index is 580. The maximum Gasteiger partial charge on any atom is 0.332 e. The van der Waals surface area contributed by atoms with Crippen LogP contribution in [-0.2, 0) is 16.0 Å². The molecule has 100 valence electrons. The van der Waals surface area contributed by atoms with Crippen LogP contribution in [0.15, 0.2) is 23.8 Å². The molecule has 4 heteroatoms. The summed E-state index contributed by atoms with van der Waals surface area (Å²) < 4.78 is 0. The number of hydrogen-bond donors (Lipinski definition) is 2. The number of hydrogen-bond acceptors (Lipinski definition) is 2. The van der Waals surface area contributed by atoms with E-state index in [9.17, 15) is 14.7 Å². The molecule has 19 heavy (non-hydrogen) atoms. The first-order chi connectivity index (χ1) is 8.77. The Morgan fingerprint density at radius 1 is 1.37 bits per heavy atom. The van der Waals surface area contributed by atoms with Crippen molar-refractivity contribution < 1.29 is 14.7 Å². The number of amides is 1. The summed E-state index contributed by atoms with van der Waals surface area (Å²) in [5, 5.41) is 12.0. The predicted octanol–water partition coefficient (Wildman–Crippen LogP) is 2.70. The molecule has 0 saturated carbocycles. The van der Waals surface area contributed by atoms with E-state index in [2.05, 4.69) is 5.32 Å². The van der Waals surface area contributed by atoms with E-state index in [0.717, 1.165) is 16.8 Å². The van der Waals surface area contributed by atoms with Gasteiger partial charge in [-0.25, -0.2) is 4.79 Å². The van der Waals surface area contributed by atoms with E-state index in [1.165, 1.54) is 0 Å². The van der Waals surface area contributed by atoms with Gasteiger partial charge in [-0.2, -0.15) is 0 Å². The number of anilines is 1. The van der Waals surface area contributed by atoms with Crippen LogP contribution in [0.4, 0.5) is 5.69 Å². The summed E-state index contributed by atoms with van der Waals surface area (Å²) in [6.07, 6.45) is 2.03. The largest absolute Gasteiger partial charge is 0.478 e. The minimum atomic E-state index is -0.915. The molecular formula is C15H17NO3. The van der Waals surface area contributed by atoms with Crippen LogP contribution in [0.5, 0.6) is 0 Å². The summed E-state index contributed by atoms with van der Waals surface area (Å²) >= 11 is 0. The number of rotatable bonds is 2. The number of carbonyl (C=O) groups is 2. The van der Waals surface area contributed by atoms with Gasteiger partial charge in [-0.05, 0) is 34.8 Å². The van der Waals surface area contributed by atoms with Crippen molar-refractivity contribution in [1.29, 1.82) is 0 Å². The zero-order chi connectivity index (χ0) is 14.2. The Morgan fingerprint density at radius 2 is 2.05 bits per heavy atom. The zero-order valence-electron chi connectivity index (χ0n) is 11.3. The molecule has 1 aromatic carbocycles. The topological polar surface area (TPSA) is 66.4 Å². The number of aliphatic carboxylic acids is 1. The van der Waals surface area contributed by atoms with Gasteiger partial charge in [-0.1, -0.05) is 26.8 Å². The molecule has 1 heterocycles. The fraction of sp³-hybridized carbons (Fsp3) is 0.333. The van der Waals surface area contributed by atoms with Crippen LogP contribution in [0, 0.1) is 5.41 Å². The summed E-state index contributed by atoms with van der Waals surface area (Å²) in [6.45, 7) is 5.60. The van der Waals surface area contributed by atoms with Crippen LogP contribution in [-0.4, -0.2) is 17.0 Å². The molecule has 0 bridgehead atoms. The van der Waals surface area contributed by atoms with Crippen molar-refractivity contribution in [3.8, 4) is 0 Å². The number of carbonyl (C=O) groups excluding carboxylic acids is 1. The SMILES string of the molecule is CC(C)(C)/C(=C\c1ccc2c(c1)CC(=O)N2)C(=O)O. The minimum absolute atomic E-state index is 0.0228. The lowest BCUT2D eigenvalue weighted by Crippen LogP contribution is -2.17. The second kappa shape index (κ2) is 4.53. The van der Waals surface area contributed by atoms with Gasteiger partial charge in [0.2, 0.25) is 5.91 Å². The number of fused-ring (bicyclic) bond motifs is 1. The number of carboxylic acids is 1. The van der Waals surface area contributed by atoms with Crippen molar-refractivity contribution in [3.05, 3.63) is 34.9 Å². The van der Waals surface area contributed by atoms with Crippen molar-refractivity contribution in [1.82, 2.24) is 0 Å². The van der Waals surface area contributed by atoms with E-state index in [1.807, 2.05) is 39.0 Å². The molecular weight excluding hydrogens is 242 g/mol. The van der Waals surface area contributed by atoms with Crippen molar-refractivity contribution >= 4 is 23.6 Å². The number of nitrogens with one attached hydrogen (secondary N) is 1. The van der Waals surface area contributed by atoms with Crippen molar-refractivity contribution in [2.75, 3.05) is 5.32 Å². The minimum Gasteiger partial charge on any atom is -0.478 e. The van der Waals surface area contributed by atoms with Crippen LogP contribution in [0.3, 0.4) is 0 Å². The summed E-state index contributed by atoms with van der Waals surface area (Å²) in [4.78, 5) is 22.6. The first-order valence-electron chi connectivity index (χ1n) is 6.15. The number of benzene rings is 1. The predicted molar refractivity (Wildman–Crippen MR) is 73.8 cm³/mol. The average Bonchev–Trinajstić information content (AvgIpc) is 2.63. The molecule has 0 radical (unpaired) electrons. The van der Waals surface area contributed by atoms with Crippen LogP contribution in [0.25, 0.3) is 6.08 Å². The Morgan fingerprint density at radius 3 is 2.63 bits per heavy atom. The summed E-state index contributed by atoms with van der Waals surface area (Å²) in [5.41, 5.74) is 2.46. The normalized spacial score (nSPS) is 15.1. The lowest BCUT2D eigenvalue weighted by atomic mass is 9.85. The average molecular weight is 259 g/mol. The highest BCUT2D eigenvalue weighted by molar-refractivity contribution is 5.99. The highest BCUT2D eigenvalue weighted by Gasteiger charge is 2.24. The summed E-state index contributed by atoms with van der Waals surface area (Å²) in [6, 6.07) is 5.50. The van der Waals surface area contributed by atoms with Gasteiger partial charge in [-0.15, -0.1) is 0 Å². The van der Waals surface area contributed by atoms with Crippen molar-refractivity contribution in [3.63, 3.8) is 0 Å². The summed E-state index contributed by atoms with van der Waals surface area (Å²) in [5.74, 6) is -0.937. The van der Waals surface area contributed by atoms with Gasteiger partial charge in [-0.3, -0.25) is 4.79 Å². The van der Waals surface area contributed by atoms with E-state index in [4.69, 9.17) is 0 Å². The fourth-order valence-electron chi connectivity index (χ4n) is 2.10. The molecule has 0 aromatic heterocycles. The molecule has 1 aliphatic heterocycles. The first kappa shape index (κ1) is 13.3. The van der Waals surface area contributed by atoms with Gasteiger partial charge in [0.25, 0.3) is 0 Å². The Kier molecular flexibility index (Phi) is 3.18. The van der Waals surface area contributed by atoms with E-state index in [1.54, 1.807) is 6.08 Å².